The van der Waals surface area contributed by atoms with Crippen LogP contribution in [0.15, 0.2) is 60.7 Å². The fourth-order valence-electron chi connectivity index (χ4n) is 6.46. The van der Waals surface area contributed by atoms with Gasteiger partial charge in [-0.05, 0) is 70.8 Å². The summed E-state index contributed by atoms with van der Waals surface area (Å²) in [5.74, 6) is -1.42. The molecule has 2 heterocycles. The van der Waals surface area contributed by atoms with Gasteiger partial charge in [-0.3, -0.25) is 4.79 Å². The number of carbonyl (C=O) groups excluding carboxylic acids is 2. The molecule has 5 atom stereocenters. The summed E-state index contributed by atoms with van der Waals surface area (Å²) >= 11 is 0. The Bertz CT molecular complexity index is 1090. The lowest BCUT2D eigenvalue weighted by Gasteiger charge is -2.36. The Morgan fingerprint density at radius 1 is 0.927 bits per heavy atom. The van der Waals surface area contributed by atoms with Crippen LogP contribution in [0, 0.1) is 0 Å². The second kappa shape index (κ2) is 14.4. The van der Waals surface area contributed by atoms with Crippen LogP contribution in [-0.2, 0) is 19.1 Å². The van der Waals surface area contributed by atoms with E-state index in [0.29, 0.717) is 43.6 Å². The summed E-state index contributed by atoms with van der Waals surface area (Å²) in [5, 5.41) is 20.9. The first kappa shape index (κ1) is 31.2. The first-order chi connectivity index (χ1) is 19.7. The van der Waals surface area contributed by atoms with Crippen molar-refractivity contribution in [2.75, 3.05) is 34.3 Å². The van der Waals surface area contributed by atoms with Crippen molar-refractivity contribution in [3.63, 3.8) is 0 Å². The third kappa shape index (κ3) is 8.16. The SMILES string of the molecule is CN(C)CCOC(=O)C(c1ccccc1)C1(O)CCCC1.CN1[C@@H]2CC[C@H]1CC(OC(=O)C(O)c1ccccc1)C2. The van der Waals surface area contributed by atoms with Gasteiger partial charge in [0.25, 0.3) is 0 Å². The lowest BCUT2D eigenvalue weighted by Crippen LogP contribution is -2.43. The van der Waals surface area contributed by atoms with Crippen LogP contribution < -0.4 is 0 Å². The van der Waals surface area contributed by atoms with Crippen molar-refractivity contribution in [2.24, 2.45) is 0 Å². The number of benzene rings is 2. The zero-order chi connectivity index (χ0) is 29.4. The van der Waals surface area contributed by atoms with Crippen molar-refractivity contribution < 1.29 is 29.3 Å². The van der Waals surface area contributed by atoms with E-state index in [2.05, 4.69) is 11.9 Å². The maximum Gasteiger partial charge on any atom is 0.339 e. The van der Waals surface area contributed by atoms with Gasteiger partial charge in [-0.2, -0.15) is 0 Å². The molecule has 2 saturated heterocycles. The quantitative estimate of drug-likeness (QED) is 0.439. The van der Waals surface area contributed by atoms with E-state index in [4.69, 9.17) is 9.47 Å². The van der Waals surface area contributed by atoms with Gasteiger partial charge < -0.3 is 29.5 Å². The van der Waals surface area contributed by atoms with Crippen LogP contribution in [0.4, 0.5) is 0 Å². The van der Waals surface area contributed by atoms with Crippen LogP contribution in [0.25, 0.3) is 0 Å². The van der Waals surface area contributed by atoms with E-state index in [1.54, 1.807) is 12.1 Å². The highest BCUT2D eigenvalue weighted by molar-refractivity contribution is 5.80. The van der Waals surface area contributed by atoms with Gasteiger partial charge >= 0.3 is 11.9 Å². The Morgan fingerprint density at radius 3 is 2.00 bits per heavy atom. The molecule has 224 valence electrons. The number of nitrogens with zero attached hydrogens (tertiary/aromatic N) is 2. The highest BCUT2D eigenvalue weighted by Crippen LogP contribution is 2.42. The van der Waals surface area contributed by atoms with Crippen molar-refractivity contribution in [1.82, 2.24) is 9.80 Å². The molecule has 2 bridgehead atoms. The maximum absolute atomic E-state index is 12.5. The van der Waals surface area contributed by atoms with E-state index in [1.807, 2.05) is 67.5 Å². The Morgan fingerprint density at radius 2 is 1.46 bits per heavy atom. The van der Waals surface area contributed by atoms with Gasteiger partial charge in [-0.15, -0.1) is 0 Å². The first-order valence-corrected chi connectivity index (χ1v) is 14.9. The summed E-state index contributed by atoms with van der Waals surface area (Å²) in [6, 6.07) is 19.5. The summed E-state index contributed by atoms with van der Waals surface area (Å²) in [5.41, 5.74) is 0.474. The number of rotatable bonds is 9. The highest BCUT2D eigenvalue weighted by atomic mass is 16.6. The van der Waals surface area contributed by atoms with Crippen molar-refractivity contribution in [3.8, 4) is 0 Å². The first-order valence-electron chi connectivity index (χ1n) is 14.9. The maximum atomic E-state index is 12.5. The number of ether oxygens (including phenoxy) is 2. The lowest BCUT2D eigenvalue weighted by atomic mass is 9.81. The Balaban J connectivity index is 0.000000189. The molecular weight excluding hydrogens is 520 g/mol. The molecule has 3 fully saturated rings. The number of carbonyl (C=O) groups is 2. The number of aliphatic hydroxyl groups excluding tert-OH is 1. The average Bonchev–Trinajstić information content (AvgIpc) is 3.47. The van der Waals surface area contributed by atoms with Gasteiger partial charge in [-0.25, -0.2) is 4.79 Å². The Hall–Kier alpha value is -2.78. The molecule has 2 N–H and O–H groups in total. The number of fused-ring (bicyclic) bond motifs is 2. The minimum Gasteiger partial charge on any atom is -0.464 e. The Kier molecular flexibility index (Phi) is 10.9. The van der Waals surface area contributed by atoms with E-state index >= 15 is 0 Å². The van der Waals surface area contributed by atoms with Crippen molar-refractivity contribution in [1.29, 1.82) is 0 Å². The van der Waals surface area contributed by atoms with Crippen LogP contribution in [0.5, 0.6) is 0 Å². The third-order valence-electron chi connectivity index (χ3n) is 8.83. The number of hydrogen-bond acceptors (Lipinski definition) is 8. The molecular formula is C33H46N2O6. The Labute approximate surface area is 244 Å². The molecule has 2 aromatic carbocycles. The van der Waals surface area contributed by atoms with Gasteiger partial charge in [0.2, 0.25) is 0 Å². The predicted octanol–water partition coefficient (Wildman–Crippen LogP) is 4.07. The molecule has 2 aliphatic heterocycles. The van der Waals surface area contributed by atoms with Crippen molar-refractivity contribution >= 4 is 11.9 Å². The molecule has 5 rings (SSSR count). The zero-order valence-electron chi connectivity index (χ0n) is 24.7. The predicted molar refractivity (Wildman–Crippen MR) is 157 cm³/mol. The second-order valence-electron chi connectivity index (χ2n) is 12.0. The van der Waals surface area contributed by atoms with Gasteiger partial charge in [0.1, 0.15) is 18.6 Å². The monoisotopic (exact) mass is 566 g/mol. The summed E-state index contributed by atoms with van der Waals surface area (Å²) in [4.78, 5) is 28.9. The van der Waals surface area contributed by atoms with Crippen molar-refractivity contribution in [3.05, 3.63) is 71.8 Å². The third-order valence-corrected chi connectivity index (χ3v) is 8.83. The standard InChI is InChI=1S/C17H25NO3.C16H21NO3/c1-18(2)12-13-21-16(19)15(14-8-4-3-5-9-14)17(20)10-6-7-11-17;1-17-12-7-8-13(17)10-14(9-12)20-16(19)15(18)11-5-3-2-4-6-11/h3-5,8-9,15,20H,6-7,10-13H2,1-2H3;2-6,12-15,18H,7-10H2,1H3/t;12-,13+,14?,15?. The molecule has 3 unspecified atom stereocenters. The van der Waals surface area contributed by atoms with Gasteiger partial charge in [0.05, 0.1) is 5.60 Å². The lowest BCUT2D eigenvalue weighted by molar-refractivity contribution is -0.162. The fraction of sp³-hybridized carbons (Fsp3) is 0.576. The van der Waals surface area contributed by atoms with E-state index in [-0.39, 0.29) is 12.1 Å². The van der Waals surface area contributed by atoms with E-state index in [0.717, 1.165) is 31.2 Å². The number of piperidine rings is 1. The molecule has 0 amide bonds. The largest absolute Gasteiger partial charge is 0.464 e. The van der Waals surface area contributed by atoms with E-state index < -0.39 is 23.6 Å². The average molecular weight is 567 g/mol. The summed E-state index contributed by atoms with van der Waals surface area (Å²) < 4.78 is 10.9. The molecule has 8 nitrogen and oxygen atoms in total. The van der Waals surface area contributed by atoms with Gasteiger partial charge in [0, 0.05) is 18.6 Å². The van der Waals surface area contributed by atoms with Crippen molar-refractivity contribution in [2.45, 2.75) is 87.2 Å². The van der Waals surface area contributed by atoms with Crippen LogP contribution in [0.3, 0.4) is 0 Å². The molecule has 41 heavy (non-hydrogen) atoms. The number of likely N-dealkylation sites (N-methyl/N-ethyl adjacent to an activating group) is 1. The van der Waals surface area contributed by atoms with Crippen LogP contribution in [0.1, 0.15) is 74.5 Å². The van der Waals surface area contributed by atoms with E-state index in [1.165, 1.54) is 12.8 Å². The van der Waals surface area contributed by atoms with Gasteiger partial charge in [-0.1, -0.05) is 73.5 Å². The summed E-state index contributed by atoms with van der Waals surface area (Å²) in [6.45, 7) is 1.04. The molecule has 1 saturated carbocycles. The number of esters is 2. The highest BCUT2D eigenvalue weighted by Gasteiger charge is 2.45. The van der Waals surface area contributed by atoms with Crippen LogP contribution in [-0.4, -0.2) is 90.0 Å². The molecule has 1 aliphatic carbocycles. The second-order valence-corrected chi connectivity index (χ2v) is 12.0. The minimum atomic E-state index is -1.17. The smallest absolute Gasteiger partial charge is 0.339 e. The molecule has 3 aliphatic rings. The zero-order valence-corrected chi connectivity index (χ0v) is 24.7. The summed E-state index contributed by atoms with van der Waals surface area (Å²) in [6.07, 6.45) is 6.19. The topological polar surface area (TPSA) is 99.5 Å². The molecule has 0 spiro atoms. The number of aliphatic hydroxyl groups is 2. The van der Waals surface area contributed by atoms with Gasteiger partial charge in [0.15, 0.2) is 6.10 Å². The van der Waals surface area contributed by atoms with Crippen LogP contribution in [0.2, 0.25) is 0 Å². The molecule has 0 radical (unpaired) electrons. The molecule has 8 heteroatoms. The number of hydrogen-bond donors (Lipinski definition) is 2. The molecule has 0 aromatic heterocycles. The molecule has 2 aromatic rings. The van der Waals surface area contributed by atoms with Crippen LogP contribution >= 0.6 is 0 Å². The van der Waals surface area contributed by atoms with E-state index in [9.17, 15) is 19.8 Å². The minimum absolute atomic E-state index is 0.0467. The fourth-order valence-corrected chi connectivity index (χ4v) is 6.46. The normalized spacial score (nSPS) is 24.7. The summed E-state index contributed by atoms with van der Waals surface area (Å²) in [7, 11) is 6.03.